The zero-order valence-corrected chi connectivity index (χ0v) is 12.2. The van der Waals surface area contributed by atoms with Crippen LogP contribution in [0.15, 0.2) is 78.9 Å². The first-order chi connectivity index (χ1) is 10.9. The van der Waals surface area contributed by atoms with Gasteiger partial charge in [0.2, 0.25) is 0 Å². The van der Waals surface area contributed by atoms with Crippen molar-refractivity contribution < 1.29 is 5.11 Å². The van der Waals surface area contributed by atoms with E-state index in [0.717, 1.165) is 22.3 Å². The zero-order valence-electron chi connectivity index (χ0n) is 12.2. The van der Waals surface area contributed by atoms with Crippen molar-refractivity contribution in [1.29, 1.82) is 0 Å². The van der Waals surface area contributed by atoms with Crippen LogP contribution < -0.4 is 0 Å². The van der Waals surface area contributed by atoms with E-state index in [0.29, 0.717) is 0 Å². The molecule has 3 aromatic carbocycles. The third-order valence-electron chi connectivity index (χ3n) is 3.49. The average Bonchev–Trinajstić information content (AvgIpc) is 2.61. The van der Waals surface area contributed by atoms with Crippen LogP contribution >= 0.6 is 0 Å². The first kappa shape index (κ1) is 14.1. The van der Waals surface area contributed by atoms with E-state index in [1.165, 1.54) is 5.56 Å². The molecule has 0 bridgehead atoms. The van der Waals surface area contributed by atoms with Gasteiger partial charge in [-0.25, -0.2) is 0 Å². The SMILES string of the molecule is OCc1ccc(C#Cc2ccccc2-c2ccccc2)cc1. The molecule has 0 saturated heterocycles. The molecule has 3 aromatic rings. The van der Waals surface area contributed by atoms with E-state index in [1.807, 2.05) is 60.7 Å². The molecule has 3 rings (SSSR count). The van der Waals surface area contributed by atoms with Crippen LogP contribution in [0.5, 0.6) is 0 Å². The van der Waals surface area contributed by atoms with Gasteiger partial charge in [0.1, 0.15) is 0 Å². The van der Waals surface area contributed by atoms with Crippen molar-refractivity contribution in [2.24, 2.45) is 0 Å². The molecule has 1 nitrogen and oxygen atoms in total. The Morgan fingerprint density at radius 2 is 1.36 bits per heavy atom. The quantitative estimate of drug-likeness (QED) is 0.698. The number of hydrogen-bond donors (Lipinski definition) is 1. The van der Waals surface area contributed by atoms with Crippen molar-refractivity contribution in [3.8, 4) is 23.0 Å². The average molecular weight is 284 g/mol. The summed E-state index contributed by atoms with van der Waals surface area (Å²) in [5.41, 5.74) is 5.17. The van der Waals surface area contributed by atoms with Crippen LogP contribution in [0.3, 0.4) is 0 Å². The lowest BCUT2D eigenvalue weighted by atomic mass is 10.00. The predicted molar refractivity (Wildman–Crippen MR) is 90.2 cm³/mol. The highest BCUT2D eigenvalue weighted by Gasteiger charge is 2.01. The normalized spacial score (nSPS) is 9.86. The predicted octanol–water partition coefficient (Wildman–Crippen LogP) is 4.25. The monoisotopic (exact) mass is 284 g/mol. The van der Waals surface area contributed by atoms with Gasteiger partial charge >= 0.3 is 0 Å². The van der Waals surface area contributed by atoms with Gasteiger partial charge in [0, 0.05) is 11.1 Å². The molecule has 0 unspecified atom stereocenters. The molecule has 0 aromatic heterocycles. The number of aliphatic hydroxyl groups is 1. The van der Waals surface area contributed by atoms with Gasteiger partial charge in [-0.15, -0.1) is 0 Å². The number of hydrogen-bond acceptors (Lipinski definition) is 1. The van der Waals surface area contributed by atoms with E-state index in [-0.39, 0.29) is 6.61 Å². The van der Waals surface area contributed by atoms with Gasteiger partial charge < -0.3 is 5.11 Å². The highest BCUT2D eigenvalue weighted by atomic mass is 16.3. The summed E-state index contributed by atoms with van der Waals surface area (Å²) in [5.74, 6) is 6.44. The van der Waals surface area contributed by atoms with E-state index >= 15 is 0 Å². The van der Waals surface area contributed by atoms with Crippen molar-refractivity contribution >= 4 is 0 Å². The van der Waals surface area contributed by atoms with Crippen LogP contribution in [0.25, 0.3) is 11.1 Å². The lowest BCUT2D eigenvalue weighted by Crippen LogP contribution is -1.85. The summed E-state index contributed by atoms with van der Waals surface area (Å²) < 4.78 is 0. The Labute approximate surface area is 130 Å². The second-order valence-corrected chi connectivity index (χ2v) is 5.02. The van der Waals surface area contributed by atoms with E-state index in [4.69, 9.17) is 5.11 Å². The summed E-state index contributed by atoms with van der Waals surface area (Å²) in [4.78, 5) is 0. The molecule has 1 heteroatoms. The van der Waals surface area contributed by atoms with Crippen LogP contribution in [0.2, 0.25) is 0 Å². The molecule has 0 aliphatic heterocycles. The van der Waals surface area contributed by atoms with E-state index in [2.05, 4.69) is 30.0 Å². The van der Waals surface area contributed by atoms with Gasteiger partial charge in [-0.1, -0.05) is 72.5 Å². The number of aliphatic hydroxyl groups excluding tert-OH is 1. The Bertz CT molecular complexity index is 806. The molecule has 22 heavy (non-hydrogen) atoms. The molecule has 0 saturated carbocycles. The molecule has 1 N–H and O–H groups in total. The molecule has 0 aliphatic rings. The molecular formula is C21H16O. The third-order valence-corrected chi connectivity index (χ3v) is 3.49. The fraction of sp³-hybridized carbons (Fsp3) is 0.0476. The van der Waals surface area contributed by atoms with Gasteiger partial charge in [0.25, 0.3) is 0 Å². The largest absolute Gasteiger partial charge is 0.392 e. The summed E-state index contributed by atoms with van der Waals surface area (Å²) in [6.45, 7) is 0.0601. The van der Waals surface area contributed by atoms with Crippen molar-refractivity contribution in [2.45, 2.75) is 6.61 Å². The van der Waals surface area contributed by atoms with Crippen LogP contribution in [-0.2, 0) is 6.61 Å². The molecule has 0 atom stereocenters. The second-order valence-electron chi connectivity index (χ2n) is 5.02. The molecule has 106 valence electrons. The minimum Gasteiger partial charge on any atom is -0.392 e. The number of rotatable bonds is 2. The molecular weight excluding hydrogens is 268 g/mol. The molecule has 0 radical (unpaired) electrons. The lowest BCUT2D eigenvalue weighted by molar-refractivity contribution is 0.282. The number of benzene rings is 3. The maximum Gasteiger partial charge on any atom is 0.0681 e. The zero-order chi connectivity index (χ0) is 15.2. The van der Waals surface area contributed by atoms with Crippen LogP contribution in [0, 0.1) is 11.8 Å². The third kappa shape index (κ3) is 3.25. The van der Waals surface area contributed by atoms with Gasteiger partial charge in [-0.2, -0.15) is 0 Å². The Kier molecular flexibility index (Phi) is 4.34. The molecule has 0 aliphatic carbocycles. The molecule has 0 amide bonds. The standard InChI is InChI=1S/C21H16O/c22-16-18-12-10-17(11-13-18)14-15-20-8-4-5-9-21(20)19-6-2-1-3-7-19/h1-13,22H,16H2. The highest BCUT2D eigenvalue weighted by molar-refractivity contribution is 5.71. The van der Waals surface area contributed by atoms with Crippen LogP contribution in [0.4, 0.5) is 0 Å². The van der Waals surface area contributed by atoms with Gasteiger partial charge in [0.15, 0.2) is 0 Å². The van der Waals surface area contributed by atoms with E-state index in [1.54, 1.807) is 0 Å². The van der Waals surface area contributed by atoms with E-state index < -0.39 is 0 Å². The Balaban J connectivity index is 1.95. The second kappa shape index (κ2) is 6.76. The van der Waals surface area contributed by atoms with Gasteiger partial charge in [-0.05, 0) is 34.9 Å². The molecule has 0 fully saturated rings. The minimum atomic E-state index is 0.0601. The summed E-state index contributed by atoms with van der Waals surface area (Å²) in [5, 5.41) is 9.06. The first-order valence-corrected chi connectivity index (χ1v) is 7.23. The Morgan fingerprint density at radius 3 is 2.09 bits per heavy atom. The van der Waals surface area contributed by atoms with Crippen LogP contribution in [-0.4, -0.2) is 5.11 Å². The van der Waals surface area contributed by atoms with Crippen molar-refractivity contribution in [3.63, 3.8) is 0 Å². The van der Waals surface area contributed by atoms with Crippen molar-refractivity contribution in [3.05, 3.63) is 95.6 Å². The Hall–Kier alpha value is -2.82. The summed E-state index contributed by atoms with van der Waals surface area (Å²) in [7, 11) is 0. The summed E-state index contributed by atoms with van der Waals surface area (Å²) >= 11 is 0. The fourth-order valence-electron chi connectivity index (χ4n) is 2.29. The van der Waals surface area contributed by atoms with Crippen molar-refractivity contribution in [2.75, 3.05) is 0 Å². The van der Waals surface area contributed by atoms with Crippen molar-refractivity contribution in [1.82, 2.24) is 0 Å². The lowest BCUT2D eigenvalue weighted by Gasteiger charge is -2.04. The van der Waals surface area contributed by atoms with E-state index in [9.17, 15) is 0 Å². The fourth-order valence-corrected chi connectivity index (χ4v) is 2.29. The topological polar surface area (TPSA) is 20.2 Å². The molecule has 0 spiro atoms. The summed E-state index contributed by atoms with van der Waals surface area (Å²) in [6.07, 6.45) is 0. The summed E-state index contributed by atoms with van der Waals surface area (Å²) in [6, 6.07) is 26.1. The Morgan fingerprint density at radius 1 is 0.682 bits per heavy atom. The van der Waals surface area contributed by atoms with Crippen LogP contribution in [0.1, 0.15) is 16.7 Å². The van der Waals surface area contributed by atoms with Gasteiger partial charge in [-0.3, -0.25) is 0 Å². The minimum absolute atomic E-state index is 0.0601. The smallest absolute Gasteiger partial charge is 0.0681 e. The molecule has 0 heterocycles. The maximum absolute atomic E-state index is 9.06. The van der Waals surface area contributed by atoms with Gasteiger partial charge in [0.05, 0.1) is 6.61 Å². The maximum atomic E-state index is 9.06. The first-order valence-electron chi connectivity index (χ1n) is 7.23. The highest BCUT2D eigenvalue weighted by Crippen LogP contribution is 2.22.